The molecule has 6 nitrogen and oxygen atoms in total. The summed E-state index contributed by atoms with van der Waals surface area (Å²) < 4.78 is 5.10. The molecule has 1 unspecified atom stereocenters. The third-order valence-corrected chi connectivity index (χ3v) is 3.31. The topological polar surface area (TPSA) is 84.5 Å². The third kappa shape index (κ3) is 4.58. The van der Waals surface area contributed by atoms with Crippen molar-refractivity contribution >= 4 is 17.6 Å². The van der Waals surface area contributed by atoms with Gasteiger partial charge in [-0.15, -0.1) is 0 Å². The van der Waals surface area contributed by atoms with Gasteiger partial charge in [0.25, 0.3) is 11.8 Å². The van der Waals surface area contributed by atoms with E-state index in [4.69, 9.17) is 4.74 Å². The first-order chi connectivity index (χ1) is 10.4. The molecule has 0 aliphatic carbocycles. The lowest BCUT2D eigenvalue weighted by Gasteiger charge is -2.16. The van der Waals surface area contributed by atoms with Gasteiger partial charge in [0, 0.05) is 6.04 Å². The average Bonchev–Trinajstić information content (AvgIpc) is 2.53. The number of methoxy groups -OCH3 is 1. The zero-order chi connectivity index (χ0) is 16.7. The summed E-state index contributed by atoms with van der Waals surface area (Å²) in [5, 5.41) is 5.09. The van der Waals surface area contributed by atoms with Crippen LogP contribution < -0.4 is 15.4 Å². The molecule has 2 N–H and O–H groups in total. The molecule has 2 amide bonds. The van der Waals surface area contributed by atoms with Crippen LogP contribution >= 0.6 is 0 Å². The normalized spacial score (nSPS) is 12.9. The molecule has 2 atom stereocenters. The van der Waals surface area contributed by atoms with Crippen LogP contribution in [0.25, 0.3) is 0 Å². The van der Waals surface area contributed by atoms with Crippen LogP contribution in [0.2, 0.25) is 0 Å². The Hall–Kier alpha value is -2.37. The molecule has 0 aliphatic rings. The van der Waals surface area contributed by atoms with Gasteiger partial charge in [-0.1, -0.05) is 19.1 Å². The molecule has 0 aliphatic heterocycles. The van der Waals surface area contributed by atoms with Gasteiger partial charge in [-0.2, -0.15) is 0 Å². The third-order valence-electron chi connectivity index (χ3n) is 3.31. The van der Waals surface area contributed by atoms with Crippen molar-refractivity contribution in [3.63, 3.8) is 0 Å². The molecule has 1 aromatic rings. The van der Waals surface area contributed by atoms with Crippen LogP contribution in [0.3, 0.4) is 0 Å². The van der Waals surface area contributed by atoms with E-state index in [0.29, 0.717) is 11.3 Å². The van der Waals surface area contributed by atoms with E-state index in [1.807, 2.05) is 13.8 Å². The fourth-order valence-electron chi connectivity index (χ4n) is 1.77. The Bertz CT molecular complexity index is 557. The first-order valence-electron chi connectivity index (χ1n) is 7.19. The van der Waals surface area contributed by atoms with Gasteiger partial charge in [0.15, 0.2) is 0 Å². The monoisotopic (exact) mass is 306 g/mol. The summed E-state index contributed by atoms with van der Waals surface area (Å²) in [6, 6.07) is 5.67. The number of nitrogens with one attached hydrogen (secondary N) is 2. The highest BCUT2D eigenvalue weighted by atomic mass is 16.5. The van der Waals surface area contributed by atoms with Crippen LogP contribution in [0.5, 0.6) is 5.75 Å². The first-order valence-corrected chi connectivity index (χ1v) is 7.19. The Morgan fingerprint density at radius 1 is 1.14 bits per heavy atom. The molecule has 0 fully saturated rings. The number of ether oxygens (including phenoxy) is 1. The molecule has 1 rings (SSSR count). The minimum atomic E-state index is -0.915. The zero-order valence-electron chi connectivity index (χ0n) is 13.3. The number of para-hydroxylation sites is 1. The van der Waals surface area contributed by atoms with Gasteiger partial charge in [0.2, 0.25) is 5.78 Å². The van der Waals surface area contributed by atoms with Crippen LogP contribution in [0.15, 0.2) is 24.3 Å². The van der Waals surface area contributed by atoms with Crippen LogP contribution in [-0.4, -0.2) is 36.8 Å². The Balaban J connectivity index is 2.71. The van der Waals surface area contributed by atoms with E-state index in [0.717, 1.165) is 6.42 Å². The molecule has 0 bridgehead atoms. The van der Waals surface area contributed by atoms with Crippen molar-refractivity contribution in [3.05, 3.63) is 29.8 Å². The van der Waals surface area contributed by atoms with E-state index in [1.165, 1.54) is 14.0 Å². The zero-order valence-corrected chi connectivity index (χ0v) is 13.3. The summed E-state index contributed by atoms with van der Waals surface area (Å²) in [5.74, 6) is -1.43. The van der Waals surface area contributed by atoms with E-state index in [9.17, 15) is 14.4 Å². The minimum absolute atomic E-state index is 0.0893. The molecule has 0 saturated carbocycles. The molecular weight excluding hydrogens is 284 g/mol. The largest absolute Gasteiger partial charge is 0.496 e. The fourth-order valence-corrected chi connectivity index (χ4v) is 1.77. The van der Waals surface area contributed by atoms with Crippen molar-refractivity contribution in [2.45, 2.75) is 39.3 Å². The van der Waals surface area contributed by atoms with Gasteiger partial charge < -0.3 is 15.4 Å². The second kappa shape index (κ2) is 8.17. The van der Waals surface area contributed by atoms with Gasteiger partial charge in [-0.05, 0) is 32.4 Å². The Morgan fingerprint density at radius 3 is 2.36 bits per heavy atom. The van der Waals surface area contributed by atoms with E-state index < -0.39 is 23.6 Å². The summed E-state index contributed by atoms with van der Waals surface area (Å²) in [6.45, 7) is 5.19. The van der Waals surface area contributed by atoms with Crippen molar-refractivity contribution in [1.82, 2.24) is 10.6 Å². The van der Waals surface area contributed by atoms with E-state index in [-0.39, 0.29) is 6.04 Å². The van der Waals surface area contributed by atoms with Gasteiger partial charge in [0.1, 0.15) is 5.75 Å². The number of carbonyl (C=O) groups excluding carboxylic acids is 3. The molecular formula is C16H22N2O4. The number of Topliss-reactive ketones (excluding diaryl/α,β-unsaturated/α-hetero) is 1. The molecule has 6 heteroatoms. The van der Waals surface area contributed by atoms with Crippen LogP contribution in [0, 0.1) is 0 Å². The second-order valence-corrected chi connectivity index (χ2v) is 5.04. The summed E-state index contributed by atoms with van der Waals surface area (Å²) in [7, 11) is 1.46. The Kier molecular flexibility index (Phi) is 6.56. The maximum atomic E-state index is 12.2. The minimum Gasteiger partial charge on any atom is -0.496 e. The smallest absolute Gasteiger partial charge is 0.289 e. The van der Waals surface area contributed by atoms with Gasteiger partial charge in [-0.3, -0.25) is 14.4 Å². The van der Waals surface area contributed by atoms with Gasteiger partial charge in [-0.25, -0.2) is 0 Å². The highest BCUT2D eigenvalue weighted by molar-refractivity contribution is 6.38. The molecule has 1 aromatic carbocycles. The van der Waals surface area contributed by atoms with E-state index in [1.54, 1.807) is 24.3 Å². The maximum absolute atomic E-state index is 12.2. The number of carbonyl (C=O) groups is 3. The average molecular weight is 306 g/mol. The SMILES string of the molecule is CC[C@H](C)NC(=O)C(=O)C(C)NC(=O)c1ccccc1OC. The number of rotatable bonds is 7. The number of ketones is 1. The van der Waals surface area contributed by atoms with Crippen LogP contribution in [0.1, 0.15) is 37.6 Å². The number of hydrogen-bond donors (Lipinski definition) is 2. The lowest BCUT2D eigenvalue weighted by Crippen LogP contribution is -2.47. The fraction of sp³-hybridized carbons (Fsp3) is 0.438. The quantitative estimate of drug-likeness (QED) is 0.744. The van der Waals surface area contributed by atoms with Crippen molar-refractivity contribution in [3.8, 4) is 5.75 Å². The lowest BCUT2D eigenvalue weighted by molar-refractivity contribution is -0.139. The number of benzene rings is 1. The molecule has 0 spiro atoms. The van der Waals surface area contributed by atoms with Crippen molar-refractivity contribution in [2.75, 3.05) is 7.11 Å². The molecule has 22 heavy (non-hydrogen) atoms. The summed E-state index contributed by atoms with van der Waals surface area (Å²) in [6.07, 6.45) is 0.723. The summed E-state index contributed by atoms with van der Waals surface area (Å²) in [5.41, 5.74) is 0.312. The standard InChI is InChI=1S/C16H22N2O4/c1-5-10(2)17-16(21)14(19)11(3)18-15(20)12-8-6-7-9-13(12)22-4/h6-11H,5H2,1-4H3,(H,17,21)(H,18,20)/t10-,11?/m0/s1. The van der Waals surface area contributed by atoms with Crippen LogP contribution in [-0.2, 0) is 9.59 Å². The number of hydrogen-bond acceptors (Lipinski definition) is 4. The van der Waals surface area contributed by atoms with Crippen molar-refractivity contribution in [2.24, 2.45) is 0 Å². The number of amides is 2. The van der Waals surface area contributed by atoms with Gasteiger partial charge >= 0.3 is 0 Å². The predicted octanol–water partition coefficient (Wildman–Crippen LogP) is 1.30. The van der Waals surface area contributed by atoms with E-state index in [2.05, 4.69) is 10.6 Å². The second-order valence-electron chi connectivity index (χ2n) is 5.04. The molecule has 0 aromatic heterocycles. The molecule has 0 heterocycles. The van der Waals surface area contributed by atoms with Gasteiger partial charge in [0.05, 0.1) is 18.7 Å². The molecule has 0 saturated heterocycles. The Labute approximate surface area is 130 Å². The van der Waals surface area contributed by atoms with Crippen LogP contribution in [0.4, 0.5) is 0 Å². The highest BCUT2D eigenvalue weighted by Crippen LogP contribution is 2.17. The van der Waals surface area contributed by atoms with E-state index >= 15 is 0 Å². The molecule has 120 valence electrons. The lowest BCUT2D eigenvalue weighted by atomic mass is 10.1. The predicted molar refractivity (Wildman–Crippen MR) is 82.8 cm³/mol. The summed E-state index contributed by atoms with van der Waals surface area (Å²) >= 11 is 0. The first kappa shape index (κ1) is 17.7. The molecule has 0 radical (unpaired) electrons. The van der Waals surface area contributed by atoms with Crippen molar-refractivity contribution < 1.29 is 19.1 Å². The summed E-state index contributed by atoms with van der Waals surface area (Å²) in [4.78, 5) is 35.9. The van der Waals surface area contributed by atoms with Crippen molar-refractivity contribution in [1.29, 1.82) is 0 Å². The Morgan fingerprint density at radius 2 is 1.77 bits per heavy atom. The highest BCUT2D eigenvalue weighted by Gasteiger charge is 2.24. The maximum Gasteiger partial charge on any atom is 0.289 e.